The van der Waals surface area contributed by atoms with Crippen LogP contribution in [0.1, 0.15) is 11.1 Å². The Morgan fingerprint density at radius 3 is 2.77 bits per heavy atom. The zero-order valence-electron chi connectivity index (χ0n) is 12.3. The summed E-state index contributed by atoms with van der Waals surface area (Å²) < 4.78 is 0. The van der Waals surface area contributed by atoms with Gasteiger partial charge in [-0.3, -0.25) is 0 Å². The van der Waals surface area contributed by atoms with Crippen LogP contribution in [0, 0.1) is 11.8 Å². The van der Waals surface area contributed by atoms with Crippen LogP contribution in [0.25, 0.3) is 0 Å². The molecular formula is C16H20ClN3O2. The standard InChI is InChI=1S/C16H19N3O2.ClH/c20-12-14-5-3-13(4-6-14)2-1-8-18-11-15-10-17-7-9-19(15)16(18)21;/h3-6,15,17,20H,7-12H2;1H. The number of aliphatic hydroxyl groups is 1. The Labute approximate surface area is 136 Å². The Morgan fingerprint density at radius 2 is 2.09 bits per heavy atom. The molecule has 2 heterocycles. The molecule has 2 N–H and O–H groups in total. The van der Waals surface area contributed by atoms with Gasteiger partial charge in [0.05, 0.1) is 19.2 Å². The summed E-state index contributed by atoms with van der Waals surface area (Å²) in [5.74, 6) is 6.13. The molecule has 0 spiro atoms. The van der Waals surface area contributed by atoms with Crippen molar-refractivity contribution in [1.29, 1.82) is 0 Å². The number of amides is 2. The molecule has 2 amide bonds. The molecule has 1 aromatic carbocycles. The van der Waals surface area contributed by atoms with Crippen molar-refractivity contribution in [2.45, 2.75) is 12.6 Å². The van der Waals surface area contributed by atoms with Gasteiger partial charge in [0.1, 0.15) is 0 Å². The first kappa shape index (κ1) is 16.6. The van der Waals surface area contributed by atoms with Crippen molar-refractivity contribution >= 4 is 18.4 Å². The minimum atomic E-state index is 0. The SMILES string of the molecule is Cl.O=C1N(CC#Cc2ccc(CO)cc2)CC2CNCCN12. The second kappa shape index (κ2) is 7.50. The van der Waals surface area contributed by atoms with E-state index in [1.54, 1.807) is 0 Å². The molecule has 3 rings (SSSR count). The molecule has 2 aliphatic heterocycles. The van der Waals surface area contributed by atoms with Crippen LogP contribution in [0.15, 0.2) is 24.3 Å². The zero-order chi connectivity index (χ0) is 14.7. The Balaban J connectivity index is 0.00000176. The number of fused-ring (bicyclic) bond motifs is 1. The van der Waals surface area contributed by atoms with E-state index < -0.39 is 0 Å². The van der Waals surface area contributed by atoms with E-state index in [0.29, 0.717) is 6.54 Å². The van der Waals surface area contributed by atoms with Gasteiger partial charge in [-0.05, 0) is 17.7 Å². The van der Waals surface area contributed by atoms with E-state index in [1.165, 1.54) is 0 Å². The quantitative estimate of drug-likeness (QED) is 0.787. The van der Waals surface area contributed by atoms with Crippen LogP contribution in [0.5, 0.6) is 0 Å². The molecule has 1 atom stereocenters. The molecule has 6 heteroatoms. The van der Waals surface area contributed by atoms with E-state index in [4.69, 9.17) is 5.11 Å². The summed E-state index contributed by atoms with van der Waals surface area (Å²) in [5.41, 5.74) is 1.78. The molecule has 118 valence electrons. The van der Waals surface area contributed by atoms with Gasteiger partial charge in [0, 0.05) is 31.7 Å². The molecule has 22 heavy (non-hydrogen) atoms. The van der Waals surface area contributed by atoms with Gasteiger partial charge in [0.15, 0.2) is 0 Å². The normalized spacial score (nSPS) is 20.0. The lowest BCUT2D eigenvalue weighted by Gasteiger charge is -2.28. The number of benzene rings is 1. The number of urea groups is 1. The highest BCUT2D eigenvalue weighted by Gasteiger charge is 2.37. The zero-order valence-corrected chi connectivity index (χ0v) is 13.1. The van der Waals surface area contributed by atoms with Crippen LogP contribution in [0.3, 0.4) is 0 Å². The lowest BCUT2D eigenvalue weighted by molar-refractivity contribution is 0.181. The van der Waals surface area contributed by atoms with E-state index in [9.17, 15) is 4.79 Å². The molecule has 2 saturated heterocycles. The predicted molar refractivity (Wildman–Crippen MR) is 86.8 cm³/mol. The molecule has 1 aromatic rings. The number of hydrogen-bond acceptors (Lipinski definition) is 3. The minimum absolute atomic E-state index is 0. The Morgan fingerprint density at radius 1 is 1.32 bits per heavy atom. The molecule has 1 unspecified atom stereocenters. The molecule has 2 aliphatic rings. The maximum atomic E-state index is 12.2. The van der Waals surface area contributed by atoms with Crippen LogP contribution < -0.4 is 5.32 Å². The molecule has 0 aliphatic carbocycles. The number of rotatable bonds is 2. The molecular weight excluding hydrogens is 302 g/mol. The topological polar surface area (TPSA) is 55.8 Å². The number of halogens is 1. The molecule has 0 radical (unpaired) electrons. The summed E-state index contributed by atoms with van der Waals surface area (Å²) in [5, 5.41) is 12.3. The van der Waals surface area contributed by atoms with Gasteiger partial charge in [0.25, 0.3) is 0 Å². The minimum Gasteiger partial charge on any atom is -0.392 e. The van der Waals surface area contributed by atoms with Gasteiger partial charge in [-0.15, -0.1) is 12.4 Å². The Bertz CT molecular complexity index is 579. The van der Waals surface area contributed by atoms with E-state index in [0.717, 1.165) is 37.3 Å². The lowest BCUT2D eigenvalue weighted by Crippen LogP contribution is -2.49. The van der Waals surface area contributed by atoms with Gasteiger partial charge in [0.2, 0.25) is 0 Å². The van der Waals surface area contributed by atoms with Crippen molar-refractivity contribution in [2.75, 3.05) is 32.7 Å². The van der Waals surface area contributed by atoms with Gasteiger partial charge < -0.3 is 20.2 Å². The summed E-state index contributed by atoms with van der Waals surface area (Å²) in [6.45, 7) is 3.80. The van der Waals surface area contributed by atoms with Crippen molar-refractivity contribution in [3.63, 3.8) is 0 Å². The molecule has 5 nitrogen and oxygen atoms in total. The maximum absolute atomic E-state index is 12.2. The number of nitrogens with one attached hydrogen (secondary N) is 1. The van der Waals surface area contributed by atoms with Crippen molar-refractivity contribution in [3.05, 3.63) is 35.4 Å². The van der Waals surface area contributed by atoms with Crippen LogP contribution in [-0.4, -0.2) is 59.7 Å². The smallest absolute Gasteiger partial charge is 0.321 e. The van der Waals surface area contributed by atoms with E-state index >= 15 is 0 Å². The van der Waals surface area contributed by atoms with Crippen LogP contribution in [0.2, 0.25) is 0 Å². The summed E-state index contributed by atoms with van der Waals surface area (Å²) in [6.07, 6.45) is 0. The Kier molecular flexibility index (Phi) is 5.67. The fourth-order valence-corrected chi connectivity index (χ4v) is 2.75. The van der Waals surface area contributed by atoms with Gasteiger partial charge >= 0.3 is 6.03 Å². The second-order valence-corrected chi connectivity index (χ2v) is 5.37. The average molecular weight is 322 g/mol. The third-order valence-corrected chi connectivity index (χ3v) is 3.94. The van der Waals surface area contributed by atoms with Crippen molar-refractivity contribution in [3.8, 4) is 11.8 Å². The number of carbonyl (C=O) groups excluding carboxylic acids is 1. The predicted octanol–water partition coefficient (Wildman–Crippen LogP) is 0.662. The number of nitrogens with zero attached hydrogens (tertiary/aromatic N) is 2. The first-order chi connectivity index (χ1) is 10.3. The number of aliphatic hydroxyl groups excluding tert-OH is 1. The van der Waals surface area contributed by atoms with E-state index in [1.807, 2.05) is 34.1 Å². The van der Waals surface area contributed by atoms with Crippen molar-refractivity contribution < 1.29 is 9.90 Å². The maximum Gasteiger partial charge on any atom is 0.321 e. The third-order valence-electron chi connectivity index (χ3n) is 3.94. The monoisotopic (exact) mass is 321 g/mol. The summed E-state index contributed by atoms with van der Waals surface area (Å²) in [4.78, 5) is 15.9. The highest BCUT2D eigenvalue weighted by Crippen LogP contribution is 2.16. The lowest BCUT2D eigenvalue weighted by atomic mass is 10.1. The fourth-order valence-electron chi connectivity index (χ4n) is 2.75. The first-order valence-electron chi connectivity index (χ1n) is 7.23. The first-order valence-corrected chi connectivity index (χ1v) is 7.23. The van der Waals surface area contributed by atoms with Gasteiger partial charge in [-0.2, -0.15) is 0 Å². The summed E-state index contributed by atoms with van der Waals surface area (Å²) in [7, 11) is 0. The van der Waals surface area contributed by atoms with Crippen LogP contribution in [-0.2, 0) is 6.61 Å². The van der Waals surface area contributed by atoms with Crippen LogP contribution in [0.4, 0.5) is 4.79 Å². The van der Waals surface area contributed by atoms with E-state index in [2.05, 4.69) is 17.2 Å². The van der Waals surface area contributed by atoms with Gasteiger partial charge in [-0.1, -0.05) is 24.0 Å². The molecule has 0 bridgehead atoms. The Hall–Kier alpha value is -1.74. The number of carbonyl (C=O) groups is 1. The van der Waals surface area contributed by atoms with Crippen LogP contribution >= 0.6 is 12.4 Å². The number of hydrogen-bond donors (Lipinski definition) is 2. The summed E-state index contributed by atoms with van der Waals surface area (Å²) in [6, 6.07) is 7.88. The van der Waals surface area contributed by atoms with Crippen molar-refractivity contribution in [1.82, 2.24) is 15.1 Å². The third kappa shape index (κ3) is 3.53. The highest BCUT2D eigenvalue weighted by molar-refractivity contribution is 5.85. The van der Waals surface area contributed by atoms with Crippen molar-refractivity contribution in [2.24, 2.45) is 0 Å². The summed E-state index contributed by atoms with van der Waals surface area (Å²) >= 11 is 0. The molecule has 2 fully saturated rings. The molecule has 0 saturated carbocycles. The van der Waals surface area contributed by atoms with Gasteiger partial charge in [-0.25, -0.2) is 4.79 Å². The van der Waals surface area contributed by atoms with E-state index in [-0.39, 0.29) is 31.1 Å². The largest absolute Gasteiger partial charge is 0.392 e. The highest BCUT2D eigenvalue weighted by atomic mass is 35.5. The second-order valence-electron chi connectivity index (χ2n) is 5.37. The fraction of sp³-hybridized carbons (Fsp3) is 0.438. The molecule has 0 aromatic heterocycles. The number of piperazine rings is 1. The average Bonchev–Trinajstić information content (AvgIpc) is 2.85.